The van der Waals surface area contributed by atoms with Gasteiger partial charge in [0, 0.05) is 38.7 Å². The molecule has 8 heteroatoms. The van der Waals surface area contributed by atoms with Crippen molar-refractivity contribution in [1.29, 1.82) is 0 Å². The van der Waals surface area contributed by atoms with Crippen LogP contribution < -0.4 is 10.6 Å². The predicted octanol–water partition coefficient (Wildman–Crippen LogP) is 1.83. The quantitative estimate of drug-likeness (QED) is 0.273. The van der Waals surface area contributed by atoms with Crippen molar-refractivity contribution in [3.63, 3.8) is 0 Å². The number of halogens is 1. The summed E-state index contributed by atoms with van der Waals surface area (Å²) in [6.07, 6.45) is 2.69. The third-order valence-electron chi connectivity index (χ3n) is 4.26. The molecule has 0 aliphatic carbocycles. The van der Waals surface area contributed by atoms with Gasteiger partial charge in [-0.3, -0.25) is 9.39 Å². The Kier molecular flexibility index (Phi) is 8.46. The summed E-state index contributed by atoms with van der Waals surface area (Å²) in [5.41, 5.74) is 1.95. The van der Waals surface area contributed by atoms with Crippen LogP contribution in [0.3, 0.4) is 0 Å². The molecule has 0 aliphatic rings. The average molecular weight is 480 g/mol. The molecule has 27 heavy (non-hydrogen) atoms. The van der Waals surface area contributed by atoms with Crippen LogP contribution in [0.4, 0.5) is 0 Å². The van der Waals surface area contributed by atoms with Gasteiger partial charge in [-0.25, -0.2) is 0 Å². The molecule has 0 saturated carbocycles. The molecule has 0 fully saturated rings. The normalized spacial score (nSPS) is 12.4. The van der Waals surface area contributed by atoms with Gasteiger partial charge in [0.2, 0.25) is 0 Å². The van der Waals surface area contributed by atoms with Gasteiger partial charge in [-0.05, 0) is 17.7 Å². The van der Waals surface area contributed by atoms with E-state index in [0.717, 1.165) is 23.5 Å². The number of rotatable bonds is 7. The molecule has 0 spiro atoms. The molecule has 0 radical (unpaired) electrons. The molecule has 3 aromatic rings. The van der Waals surface area contributed by atoms with Crippen molar-refractivity contribution in [1.82, 2.24) is 25.2 Å². The first kappa shape index (κ1) is 21.1. The summed E-state index contributed by atoms with van der Waals surface area (Å²) in [4.78, 5) is 4.24. The van der Waals surface area contributed by atoms with Crippen molar-refractivity contribution in [2.75, 3.05) is 26.7 Å². The zero-order valence-electron chi connectivity index (χ0n) is 15.2. The van der Waals surface area contributed by atoms with Gasteiger partial charge in [0.15, 0.2) is 11.6 Å². The fourth-order valence-corrected chi connectivity index (χ4v) is 2.81. The third-order valence-corrected chi connectivity index (χ3v) is 4.26. The molecule has 0 bridgehead atoms. The second-order valence-electron chi connectivity index (χ2n) is 5.97. The number of nitrogens with zero attached hydrogens (tertiary/aromatic N) is 4. The largest absolute Gasteiger partial charge is 0.396 e. The highest BCUT2D eigenvalue weighted by Crippen LogP contribution is 2.13. The second-order valence-corrected chi connectivity index (χ2v) is 5.97. The van der Waals surface area contributed by atoms with E-state index in [1.807, 2.05) is 59.1 Å². The number of aliphatic hydroxyl groups is 1. The van der Waals surface area contributed by atoms with E-state index in [9.17, 15) is 5.11 Å². The number of hydrogen-bond donors (Lipinski definition) is 3. The Morgan fingerprint density at radius 3 is 2.63 bits per heavy atom. The van der Waals surface area contributed by atoms with Crippen LogP contribution in [0.2, 0.25) is 0 Å². The zero-order valence-corrected chi connectivity index (χ0v) is 17.6. The van der Waals surface area contributed by atoms with E-state index in [1.165, 1.54) is 0 Å². The number of fused-ring (bicyclic) bond motifs is 1. The summed E-state index contributed by atoms with van der Waals surface area (Å²) < 4.78 is 1.98. The van der Waals surface area contributed by atoms with Crippen molar-refractivity contribution in [3.8, 4) is 0 Å². The summed E-state index contributed by atoms with van der Waals surface area (Å²) >= 11 is 0. The van der Waals surface area contributed by atoms with E-state index in [4.69, 9.17) is 0 Å². The Labute approximate surface area is 176 Å². The molecule has 144 valence electrons. The Morgan fingerprint density at radius 2 is 1.89 bits per heavy atom. The number of pyridine rings is 1. The van der Waals surface area contributed by atoms with Gasteiger partial charge < -0.3 is 15.7 Å². The van der Waals surface area contributed by atoms with E-state index < -0.39 is 0 Å². The monoisotopic (exact) mass is 480 g/mol. The van der Waals surface area contributed by atoms with E-state index in [0.29, 0.717) is 19.0 Å². The number of nitrogens with one attached hydrogen (secondary N) is 2. The summed E-state index contributed by atoms with van der Waals surface area (Å²) in [7, 11) is 1.73. The van der Waals surface area contributed by atoms with Gasteiger partial charge in [0.25, 0.3) is 0 Å². The number of aromatic nitrogens is 3. The molecule has 1 unspecified atom stereocenters. The van der Waals surface area contributed by atoms with E-state index in [2.05, 4.69) is 25.8 Å². The Balaban J connectivity index is 0.00000261. The maximum atomic E-state index is 9.65. The standard InChI is InChI=1S/C19H24N6O.HI/c1-20-19(22-13-16(14-26)15-7-3-2-4-8-15)21-11-10-18-24-23-17-9-5-6-12-25(17)18;/h2-9,12,16,26H,10-11,13-14H2,1H3,(H2,20,21,22);1H. The molecule has 1 atom stereocenters. The fraction of sp³-hybridized carbons (Fsp3) is 0.316. The molecular formula is C19H25IN6O. The summed E-state index contributed by atoms with van der Waals surface area (Å²) in [6.45, 7) is 1.37. The number of benzene rings is 1. The fourth-order valence-electron chi connectivity index (χ4n) is 2.81. The highest BCUT2D eigenvalue weighted by molar-refractivity contribution is 14.0. The lowest BCUT2D eigenvalue weighted by molar-refractivity contribution is 0.265. The summed E-state index contributed by atoms with van der Waals surface area (Å²) in [6, 6.07) is 15.8. The SMILES string of the molecule is CN=C(NCCc1nnc2ccccn12)NCC(CO)c1ccccc1.I. The third kappa shape index (κ3) is 5.64. The van der Waals surface area contributed by atoms with Crippen LogP contribution >= 0.6 is 24.0 Å². The Morgan fingerprint density at radius 1 is 1.11 bits per heavy atom. The maximum Gasteiger partial charge on any atom is 0.191 e. The lowest BCUT2D eigenvalue weighted by atomic mass is 10.0. The minimum Gasteiger partial charge on any atom is -0.396 e. The molecule has 7 nitrogen and oxygen atoms in total. The van der Waals surface area contributed by atoms with E-state index in [-0.39, 0.29) is 36.5 Å². The first-order valence-electron chi connectivity index (χ1n) is 8.70. The first-order chi connectivity index (χ1) is 12.8. The minimum absolute atomic E-state index is 0. The predicted molar refractivity (Wildman–Crippen MR) is 118 cm³/mol. The second kappa shape index (κ2) is 10.8. The van der Waals surface area contributed by atoms with Gasteiger partial charge >= 0.3 is 0 Å². The molecule has 3 N–H and O–H groups in total. The maximum absolute atomic E-state index is 9.65. The average Bonchev–Trinajstić information content (AvgIpc) is 3.11. The highest BCUT2D eigenvalue weighted by Gasteiger charge is 2.11. The molecular weight excluding hydrogens is 455 g/mol. The van der Waals surface area contributed by atoms with Crippen LogP contribution in [0.15, 0.2) is 59.7 Å². The highest BCUT2D eigenvalue weighted by atomic mass is 127. The van der Waals surface area contributed by atoms with Crippen LogP contribution in [0.1, 0.15) is 17.3 Å². The summed E-state index contributed by atoms with van der Waals surface area (Å²) in [5, 5.41) is 24.6. The molecule has 2 heterocycles. The van der Waals surface area contributed by atoms with Crippen LogP contribution in [0.5, 0.6) is 0 Å². The molecule has 0 amide bonds. The Bertz CT molecular complexity index is 852. The number of guanidine groups is 1. The van der Waals surface area contributed by atoms with Gasteiger partial charge in [-0.1, -0.05) is 36.4 Å². The van der Waals surface area contributed by atoms with Gasteiger partial charge in [0.1, 0.15) is 5.82 Å². The van der Waals surface area contributed by atoms with Crippen LogP contribution in [0, 0.1) is 0 Å². The molecule has 1 aromatic carbocycles. The summed E-state index contributed by atoms with van der Waals surface area (Å²) in [5.74, 6) is 1.63. The lowest BCUT2D eigenvalue weighted by Gasteiger charge is -2.18. The molecule has 0 aliphatic heterocycles. The van der Waals surface area contributed by atoms with Crippen LogP contribution in [-0.2, 0) is 6.42 Å². The number of hydrogen-bond acceptors (Lipinski definition) is 4. The molecule has 3 rings (SSSR count). The van der Waals surface area contributed by atoms with Crippen molar-refractivity contribution >= 4 is 35.6 Å². The van der Waals surface area contributed by atoms with Crippen molar-refractivity contribution in [3.05, 3.63) is 66.1 Å². The van der Waals surface area contributed by atoms with Crippen molar-refractivity contribution in [2.24, 2.45) is 4.99 Å². The topological polar surface area (TPSA) is 86.8 Å². The van der Waals surface area contributed by atoms with Gasteiger partial charge in [0.05, 0.1) is 6.61 Å². The van der Waals surface area contributed by atoms with E-state index >= 15 is 0 Å². The lowest BCUT2D eigenvalue weighted by Crippen LogP contribution is -2.40. The smallest absolute Gasteiger partial charge is 0.191 e. The molecule has 0 saturated heterocycles. The minimum atomic E-state index is 0. The molecule has 2 aromatic heterocycles. The van der Waals surface area contributed by atoms with Gasteiger partial charge in [-0.15, -0.1) is 34.2 Å². The van der Waals surface area contributed by atoms with Crippen LogP contribution in [0.25, 0.3) is 5.65 Å². The number of aliphatic imine (C=N–C) groups is 1. The Hall–Kier alpha value is -2.20. The first-order valence-corrected chi connectivity index (χ1v) is 8.70. The number of aliphatic hydroxyl groups excluding tert-OH is 1. The van der Waals surface area contributed by atoms with E-state index in [1.54, 1.807) is 7.05 Å². The van der Waals surface area contributed by atoms with Crippen molar-refractivity contribution < 1.29 is 5.11 Å². The van der Waals surface area contributed by atoms with Crippen molar-refractivity contribution in [2.45, 2.75) is 12.3 Å². The van der Waals surface area contributed by atoms with Gasteiger partial charge in [-0.2, -0.15) is 0 Å². The zero-order chi connectivity index (χ0) is 18.2. The van der Waals surface area contributed by atoms with Crippen LogP contribution in [-0.4, -0.2) is 52.4 Å².